The number of carbonyl (C=O) groups excluding carboxylic acids is 9. The zero-order valence-electron chi connectivity index (χ0n) is 70.3. The summed E-state index contributed by atoms with van der Waals surface area (Å²) in [7, 11) is 0. The Hall–Kier alpha value is -16.1. The standard InChI is InChI=1S/C32H26IN7O8.C27H26N8O8.C26H23N7O8/c1-15(2)25-26(42)35-19(9-16-3-5-17(33)6-4-16)24(41)8-7-18-10-44-28(34-18)20-11-45-29(36-20)21-12-46-30(37-21)22-13-47-31(38-22)23-14-48-32(39-23)27(43)40-25;1-13-21(37)31-15(4-2-3-7-28)20(36)6-5-14-8-39-23(30-14)16-9-40-24(32-16)17-10-41-25(33-17)18-11-42-26(34-18)19-12-43-27(35-19)22(38)29-13;1-11(2)19-18(34)5-4-13-6-37-22(28-13)14-7-38-23(29-14)15-8-39-24(30-15)16-9-40-25(31-16)17-10-41-26(32-17)21(36)27-12(3)20(35)33-19/h3-6,10-15,19,25H,7-9H2,1-2H3,(H,35,42)(H,40,43);8-13,15H,2-7,28H2,1H3,(H,29,38)(H,31,37);6-12,19H,4-5H2,1-3H3,(H,27,36)(H,33,35). The van der Waals surface area contributed by atoms with E-state index in [-0.39, 0.29) is 208 Å². The molecule has 16 aromatic rings. The van der Waals surface area contributed by atoms with Gasteiger partial charge in [-0.1, -0.05) is 39.8 Å². The fourth-order valence-corrected chi connectivity index (χ4v) is 13.8. The minimum atomic E-state index is -1.01. The SMILES string of the molecule is CC(C)C1NC(=O)c2nc(co2)-c2nc(co2)-c2nc(co2)-c2nc(co2)-c2nc(co2)CCC(=O)C(Cc2ccc(I)cc2)NC1=O.CC1NC(=O)c2nc(co2)-c2nc(co2)-c2nc(co2)-c2nc(co2)-c2nc(co2)CCC(=O)C(C(C)C)NC1=O.CC1NC(=O)c2nc(co2)-c2nc(co2)-c2nc(co2)-c2nc(co2)-c2nc(co2)CCC(=O)C(CCCCN)NC1=O. The first-order valence-corrected chi connectivity index (χ1v) is 42.1. The van der Waals surface area contributed by atoms with E-state index in [1.54, 1.807) is 13.8 Å². The van der Waals surface area contributed by atoms with E-state index >= 15 is 0 Å². The topological polar surface area (TPSA) is 642 Å². The number of benzene rings is 1. The largest absolute Gasteiger partial charge is 0.443 e. The number of halogens is 1. The molecule has 6 unspecified atom stereocenters. The highest BCUT2D eigenvalue weighted by Gasteiger charge is 2.36. The van der Waals surface area contributed by atoms with E-state index in [2.05, 4.69) is 129 Å². The number of aromatic nitrogens is 15. The van der Waals surface area contributed by atoms with Gasteiger partial charge in [-0.05, 0) is 117 Å². The average Bonchev–Trinajstić information content (AvgIpc) is 1.66. The van der Waals surface area contributed by atoms with Gasteiger partial charge in [0.1, 0.15) is 112 Å². The molecule has 132 heavy (non-hydrogen) atoms. The first-order chi connectivity index (χ1) is 63.8. The molecule has 0 saturated carbocycles. The lowest BCUT2D eigenvalue weighted by molar-refractivity contribution is -0.129. The predicted octanol–water partition coefficient (Wildman–Crippen LogP) is 10.5. The Kier molecular flexibility index (Phi) is 25.6. The number of rotatable bonds is 8. The summed E-state index contributed by atoms with van der Waals surface area (Å²) >= 11 is 2.20. The van der Waals surface area contributed by atoms with Crippen LogP contribution in [-0.4, -0.2) is 170 Å². The summed E-state index contributed by atoms with van der Waals surface area (Å²) in [5.74, 6) is -4.43. The van der Waals surface area contributed by atoms with Crippen molar-refractivity contribution in [3.05, 3.63) is 162 Å². The maximum absolute atomic E-state index is 13.7. The van der Waals surface area contributed by atoms with Crippen LogP contribution in [0, 0.1) is 15.4 Å². The Bertz CT molecular complexity index is 6880. The van der Waals surface area contributed by atoms with Crippen molar-refractivity contribution in [2.75, 3.05) is 6.54 Å². The van der Waals surface area contributed by atoms with Crippen LogP contribution in [0.1, 0.15) is 135 Å². The number of aryl methyl sites for hydroxylation is 3. The minimum Gasteiger partial charge on any atom is -0.443 e. The highest BCUT2D eigenvalue weighted by molar-refractivity contribution is 14.1. The van der Waals surface area contributed by atoms with E-state index < -0.39 is 71.7 Å². The van der Waals surface area contributed by atoms with Gasteiger partial charge in [0, 0.05) is 22.8 Å². The lowest BCUT2D eigenvalue weighted by atomic mass is 9.96. The number of unbranched alkanes of at least 4 members (excludes halogenated alkanes) is 1. The van der Waals surface area contributed by atoms with Gasteiger partial charge in [-0.15, -0.1) is 0 Å². The number of Topliss-reactive ketones (excluding diaryl/α,β-unsaturated/α-hetero) is 3. The Morgan fingerprint density at radius 1 is 0.303 bits per heavy atom. The Morgan fingerprint density at radius 3 is 0.886 bits per heavy atom. The van der Waals surface area contributed by atoms with Crippen LogP contribution in [0.2, 0.25) is 0 Å². The van der Waals surface area contributed by atoms with Crippen LogP contribution < -0.4 is 37.6 Å². The van der Waals surface area contributed by atoms with Gasteiger partial charge >= 0.3 is 17.7 Å². The molecule has 15 aromatic heterocycles. The quantitative estimate of drug-likeness (QED) is 0.0549. The summed E-state index contributed by atoms with van der Waals surface area (Å²) < 4.78 is 83.5. The zero-order valence-corrected chi connectivity index (χ0v) is 72.5. The van der Waals surface area contributed by atoms with Crippen molar-refractivity contribution >= 4 is 75.4 Å². The number of nitrogens with two attached hydrogens (primary N) is 1. The molecule has 0 spiro atoms. The van der Waals surface area contributed by atoms with Gasteiger partial charge in [0.15, 0.2) is 85.7 Å². The molecule has 0 aliphatic carbocycles. The van der Waals surface area contributed by atoms with E-state index in [9.17, 15) is 43.2 Å². The van der Waals surface area contributed by atoms with Crippen molar-refractivity contribution in [1.29, 1.82) is 0 Å². The van der Waals surface area contributed by atoms with Crippen LogP contribution in [0.3, 0.4) is 0 Å². The maximum atomic E-state index is 13.7. The first-order valence-electron chi connectivity index (χ1n) is 41.0. The van der Waals surface area contributed by atoms with Crippen molar-refractivity contribution in [3.63, 3.8) is 0 Å². The molecule has 30 bridgehead atoms. The number of nitrogens with zero attached hydrogens (tertiary/aromatic N) is 15. The highest BCUT2D eigenvalue weighted by atomic mass is 127. The molecule has 0 radical (unpaired) electrons. The third-order valence-electron chi connectivity index (χ3n) is 20.5. The van der Waals surface area contributed by atoms with Gasteiger partial charge in [-0.3, -0.25) is 43.2 Å². The molecule has 19 rings (SSSR count). The molecule has 3 aliphatic heterocycles. The van der Waals surface area contributed by atoms with Gasteiger partial charge in [0.25, 0.3) is 17.7 Å². The number of nitrogens with one attached hydrogen (secondary N) is 6. The molecule has 6 atom stereocenters. The van der Waals surface area contributed by atoms with Crippen molar-refractivity contribution in [1.82, 2.24) is 107 Å². The maximum Gasteiger partial charge on any atom is 0.307 e. The third-order valence-corrected chi connectivity index (χ3v) is 21.3. The van der Waals surface area contributed by atoms with E-state index in [0.29, 0.717) is 65.7 Å². The number of hydrogen-bond donors (Lipinski definition) is 7. The van der Waals surface area contributed by atoms with Crippen LogP contribution in [0.5, 0.6) is 0 Å². The van der Waals surface area contributed by atoms with Gasteiger partial charge in [0.05, 0.1) is 35.2 Å². The van der Waals surface area contributed by atoms with Crippen molar-refractivity contribution in [2.24, 2.45) is 17.6 Å². The number of hydrogen-bond acceptors (Lipinski definition) is 40. The van der Waals surface area contributed by atoms with E-state index in [1.165, 1.54) is 108 Å². The highest BCUT2D eigenvalue weighted by Crippen LogP contribution is 2.35. The molecular weight excluding hydrogens is 1840 g/mol. The van der Waals surface area contributed by atoms with Crippen molar-refractivity contribution in [3.8, 4) is 139 Å². The summed E-state index contributed by atoms with van der Waals surface area (Å²) in [5, 5.41) is 16.1. The van der Waals surface area contributed by atoms with Gasteiger partial charge in [-0.2, -0.15) is 15.0 Å². The Morgan fingerprint density at radius 2 is 0.568 bits per heavy atom. The van der Waals surface area contributed by atoms with Crippen LogP contribution in [0.4, 0.5) is 0 Å². The number of amides is 6. The monoisotopic (exact) mass is 1910 g/mol. The summed E-state index contributed by atoms with van der Waals surface area (Å²) in [6.07, 6.45) is 22.9. The van der Waals surface area contributed by atoms with E-state index in [4.69, 9.17) is 72.0 Å². The van der Waals surface area contributed by atoms with Crippen molar-refractivity contribution < 1.29 is 109 Å². The molecule has 676 valence electrons. The van der Waals surface area contributed by atoms with Crippen LogP contribution in [0.15, 0.2) is 184 Å². The summed E-state index contributed by atoms with van der Waals surface area (Å²) in [6, 6.07) is 2.21. The second-order valence-electron chi connectivity index (χ2n) is 30.8. The molecule has 3 aliphatic rings. The van der Waals surface area contributed by atoms with Gasteiger partial charge < -0.3 is 104 Å². The molecule has 47 heteroatoms. The summed E-state index contributed by atoms with van der Waals surface area (Å²) in [5.41, 5.74) is 11.0. The van der Waals surface area contributed by atoms with Gasteiger partial charge in [0.2, 0.25) is 88.4 Å². The third kappa shape index (κ3) is 20.1. The van der Waals surface area contributed by atoms with Crippen molar-refractivity contribution in [2.45, 2.75) is 142 Å². The van der Waals surface area contributed by atoms with E-state index in [0.717, 1.165) is 9.13 Å². The summed E-state index contributed by atoms with van der Waals surface area (Å²) in [4.78, 5) is 183. The fraction of sp³-hybridized carbons (Fsp3) is 0.294. The lowest BCUT2D eigenvalue weighted by Gasteiger charge is -2.25. The smallest absolute Gasteiger partial charge is 0.307 e. The normalized spacial score (nSPS) is 17.7. The average molecular weight is 1920 g/mol. The molecule has 8 N–H and O–H groups in total. The Labute approximate surface area is 754 Å². The molecule has 1 aromatic carbocycles. The van der Waals surface area contributed by atoms with Gasteiger partial charge in [-0.25, -0.2) is 59.8 Å². The molecule has 46 nitrogen and oxygen atoms in total. The lowest BCUT2D eigenvalue weighted by Crippen LogP contribution is -2.54. The molecule has 6 amide bonds. The molecule has 0 saturated heterocycles. The predicted molar refractivity (Wildman–Crippen MR) is 452 cm³/mol. The number of carbonyl (C=O) groups is 9. The van der Waals surface area contributed by atoms with Crippen LogP contribution in [-0.2, 0) is 54.5 Å². The van der Waals surface area contributed by atoms with Crippen LogP contribution >= 0.6 is 22.6 Å². The number of oxazole rings is 15. The molecular formula is C85H75IN22O24. The number of fused-ring (bicyclic) bond motifs is 42. The molecule has 0 fully saturated rings. The first kappa shape index (κ1) is 87.9. The second kappa shape index (κ2) is 38.4. The molecule has 18 heterocycles. The minimum absolute atomic E-state index is 0.0368. The Balaban J connectivity index is 0.000000139. The second-order valence-corrected chi connectivity index (χ2v) is 32.1. The fourth-order valence-electron chi connectivity index (χ4n) is 13.5. The van der Waals surface area contributed by atoms with E-state index in [1.807, 2.05) is 38.1 Å². The zero-order chi connectivity index (χ0) is 92.0. The van der Waals surface area contributed by atoms with Crippen LogP contribution in [0.25, 0.3) is 139 Å². The summed E-state index contributed by atoms with van der Waals surface area (Å²) in [6.45, 7) is 10.6. The number of ketones is 3.